The van der Waals surface area contributed by atoms with Gasteiger partial charge in [-0.15, -0.1) is 0 Å². The lowest BCUT2D eigenvalue weighted by Gasteiger charge is -2.47. The van der Waals surface area contributed by atoms with Crippen molar-refractivity contribution in [3.63, 3.8) is 0 Å². The number of ether oxygens (including phenoxy) is 1. The summed E-state index contributed by atoms with van der Waals surface area (Å²) in [6.45, 7) is 9.66. The van der Waals surface area contributed by atoms with Gasteiger partial charge in [0.25, 0.3) is 0 Å². The molecule has 1 aromatic heterocycles. The van der Waals surface area contributed by atoms with Gasteiger partial charge < -0.3 is 14.5 Å². The first kappa shape index (κ1) is 22.7. The summed E-state index contributed by atoms with van der Waals surface area (Å²) < 4.78 is 8.15. The lowest BCUT2D eigenvalue weighted by atomic mass is 9.79. The summed E-state index contributed by atoms with van der Waals surface area (Å²) in [4.78, 5) is 16.3. The van der Waals surface area contributed by atoms with Crippen LogP contribution in [0.4, 0.5) is 5.69 Å². The average Bonchev–Trinajstić information content (AvgIpc) is 3.43. The summed E-state index contributed by atoms with van der Waals surface area (Å²) >= 11 is 14.0. The molecule has 4 heterocycles. The highest BCUT2D eigenvalue weighted by atomic mass is 35.5. The molecule has 0 aliphatic carbocycles. The molecule has 2 fully saturated rings. The molecule has 2 saturated heterocycles. The van der Waals surface area contributed by atoms with E-state index in [4.69, 9.17) is 27.9 Å². The van der Waals surface area contributed by atoms with Gasteiger partial charge in [0.15, 0.2) is 0 Å². The van der Waals surface area contributed by atoms with E-state index in [0.29, 0.717) is 16.7 Å². The summed E-state index contributed by atoms with van der Waals surface area (Å²) in [5.74, 6) is 0.870. The van der Waals surface area contributed by atoms with Crippen LogP contribution >= 0.6 is 23.2 Å². The molecular formula is C27H28Cl2N4O2. The predicted molar refractivity (Wildman–Crippen MR) is 141 cm³/mol. The Morgan fingerprint density at radius 1 is 1.23 bits per heavy atom. The number of nitrogens with zero attached hydrogens (tertiary/aromatic N) is 4. The van der Waals surface area contributed by atoms with E-state index in [-0.39, 0.29) is 11.3 Å². The van der Waals surface area contributed by atoms with Gasteiger partial charge in [0.2, 0.25) is 5.91 Å². The maximum Gasteiger partial charge on any atom is 0.245 e. The number of carbonyl (C=O) groups excluding carboxylic acids is 1. The molecule has 8 heteroatoms. The Morgan fingerprint density at radius 3 is 2.80 bits per heavy atom. The van der Waals surface area contributed by atoms with Crippen molar-refractivity contribution in [3.05, 3.63) is 52.2 Å². The Kier molecular flexibility index (Phi) is 5.31. The van der Waals surface area contributed by atoms with E-state index in [2.05, 4.69) is 22.6 Å². The number of anilines is 1. The Balaban J connectivity index is 1.48. The number of hydrogen-bond acceptors (Lipinski definition) is 4. The van der Waals surface area contributed by atoms with Crippen LogP contribution in [0.5, 0.6) is 5.75 Å². The maximum atomic E-state index is 12.0. The van der Waals surface area contributed by atoms with Crippen molar-refractivity contribution in [1.82, 2.24) is 14.7 Å². The average molecular weight is 511 g/mol. The SMILES string of the molecule is C=CC(=O)N1CC2(CCN(c3cc4c(c(-c5c(C)c(Cl)cc6cnn(C)c56)c3Cl)OCCC4)C2)C1. The van der Waals surface area contributed by atoms with Crippen molar-refractivity contribution < 1.29 is 9.53 Å². The van der Waals surface area contributed by atoms with Crippen LogP contribution in [0.25, 0.3) is 22.0 Å². The van der Waals surface area contributed by atoms with Gasteiger partial charge in [-0.2, -0.15) is 5.10 Å². The first-order valence-corrected chi connectivity index (χ1v) is 12.8. The van der Waals surface area contributed by atoms with Crippen molar-refractivity contribution in [1.29, 1.82) is 0 Å². The maximum absolute atomic E-state index is 12.0. The van der Waals surface area contributed by atoms with Crippen LogP contribution in [0.1, 0.15) is 24.0 Å². The molecule has 3 aromatic rings. The molecule has 6 nitrogen and oxygen atoms in total. The van der Waals surface area contributed by atoms with Crippen molar-refractivity contribution in [2.75, 3.05) is 37.7 Å². The van der Waals surface area contributed by atoms with Crippen LogP contribution in [0.3, 0.4) is 0 Å². The molecule has 0 unspecified atom stereocenters. The van der Waals surface area contributed by atoms with E-state index in [1.165, 1.54) is 11.6 Å². The minimum absolute atomic E-state index is 0.0111. The summed E-state index contributed by atoms with van der Waals surface area (Å²) in [5.41, 5.74) is 6.19. The zero-order valence-electron chi connectivity index (χ0n) is 20.0. The van der Waals surface area contributed by atoms with E-state index >= 15 is 0 Å². The fourth-order valence-corrected chi connectivity index (χ4v) is 6.65. The molecule has 6 rings (SSSR count). The summed E-state index contributed by atoms with van der Waals surface area (Å²) in [5, 5.41) is 6.85. The normalized spacial score (nSPS) is 18.5. The first-order chi connectivity index (χ1) is 16.8. The number of aryl methyl sites for hydroxylation is 2. The van der Waals surface area contributed by atoms with Gasteiger partial charge in [0.05, 0.1) is 29.0 Å². The fourth-order valence-electron chi connectivity index (χ4n) is 6.08. The lowest BCUT2D eigenvalue weighted by Crippen LogP contribution is -2.59. The van der Waals surface area contributed by atoms with Gasteiger partial charge >= 0.3 is 0 Å². The monoisotopic (exact) mass is 510 g/mol. The number of likely N-dealkylation sites (tertiary alicyclic amines) is 1. The molecular weight excluding hydrogens is 483 g/mol. The molecule has 35 heavy (non-hydrogen) atoms. The Hall–Kier alpha value is -2.70. The molecule has 0 radical (unpaired) electrons. The Labute approximate surface area is 215 Å². The fraction of sp³-hybridized carbons (Fsp3) is 0.407. The third-order valence-corrected chi connectivity index (χ3v) is 8.67. The smallest absolute Gasteiger partial charge is 0.245 e. The molecule has 0 N–H and O–H groups in total. The molecule has 3 aliphatic heterocycles. The molecule has 1 amide bonds. The number of rotatable bonds is 3. The van der Waals surface area contributed by atoms with Gasteiger partial charge in [0.1, 0.15) is 5.75 Å². The topological polar surface area (TPSA) is 50.6 Å². The zero-order valence-corrected chi connectivity index (χ0v) is 21.5. The molecule has 0 bridgehead atoms. The molecule has 0 saturated carbocycles. The highest BCUT2D eigenvalue weighted by Crippen LogP contribution is 2.52. The minimum atomic E-state index is 0.0111. The molecule has 3 aliphatic rings. The summed E-state index contributed by atoms with van der Waals surface area (Å²) in [6.07, 6.45) is 6.20. The van der Waals surface area contributed by atoms with Crippen molar-refractivity contribution in [3.8, 4) is 16.9 Å². The van der Waals surface area contributed by atoms with Crippen LogP contribution in [0, 0.1) is 12.3 Å². The quantitative estimate of drug-likeness (QED) is 0.442. The predicted octanol–water partition coefficient (Wildman–Crippen LogP) is 5.41. The minimum Gasteiger partial charge on any atom is -0.493 e. The summed E-state index contributed by atoms with van der Waals surface area (Å²) in [7, 11) is 1.95. The van der Waals surface area contributed by atoms with E-state index in [1.807, 2.05) is 35.8 Å². The van der Waals surface area contributed by atoms with Crippen LogP contribution < -0.4 is 9.64 Å². The number of halogens is 2. The number of amides is 1. The van der Waals surface area contributed by atoms with Gasteiger partial charge in [-0.05, 0) is 55.5 Å². The second-order valence-electron chi connectivity index (χ2n) is 10.2. The molecule has 182 valence electrons. The van der Waals surface area contributed by atoms with Crippen LogP contribution in [-0.4, -0.2) is 53.4 Å². The Bertz CT molecular complexity index is 1390. The second-order valence-corrected chi connectivity index (χ2v) is 10.9. The van der Waals surface area contributed by atoms with E-state index in [1.54, 1.807) is 0 Å². The third-order valence-electron chi connectivity index (χ3n) is 7.90. The molecule has 2 aromatic carbocycles. The largest absolute Gasteiger partial charge is 0.493 e. The van der Waals surface area contributed by atoms with Gasteiger partial charge in [-0.1, -0.05) is 29.8 Å². The van der Waals surface area contributed by atoms with Gasteiger partial charge in [0, 0.05) is 60.2 Å². The van der Waals surface area contributed by atoms with Gasteiger partial charge in [-0.3, -0.25) is 9.48 Å². The van der Waals surface area contributed by atoms with E-state index in [0.717, 1.165) is 84.5 Å². The molecule has 0 atom stereocenters. The van der Waals surface area contributed by atoms with E-state index < -0.39 is 0 Å². The standard InChI is InChI=1S/C27H28Cl2N4O2/c1-4-21(34)33-14-27(15-33)7-8-32(13-27)20-11-17-6-5-9-35-26(17)23(24(20)29)22-16(2)19(28)10-18-12-30-31(3)25(18)22/h4,10-12H,1,5-9,13-15H2,2-3H3. The van der Waals surface area contributed by atoms with Crippen LogP contribution in [-0.2, 0) is 18.3 Å². The van der Waals surface area contributed by atoms with E-state index in [9.17, 15) is 4.79 Å². The number of hydrogen-bond donors (Lipinski definition) is 0. The third kappa shape index (κ3) is 3.45. The number of carbonyl (C=O) groups is 1. The van der Waals surface area contributed by atoms with Crippen molar-refractivity contribution >= 4 is 45.7 Å². The highest BCUT2D eigenvalue weighted by Gasteiger charge is 2.49. The number of fused-ring (bicyclic) bond motifs is 2. The van der Waals surface area contributed by atoms with Crippen LogP contribution in [0.2, 0.25) is 10.0 Å². The second kappa shape index (κ2) is 8.17. The zero-order chi connectivity index (χ0) is 24.5. The summed E-state index contributed by atoms with van der Waals surface area (Å²) in [6, 6.07) is 4.18. The molecule has 1 spiro atoms. The number of aromatic nitrogens is 2. The Morgan fingerprint density at radius 2 is 2.03 bits per heavy atom. The first-order valence-electron chi connectivity index (χ1n) is 12.1. The lowest BCUT2D eigenvalue weighted by molar-refractivity contribution is -0.136. The number of benzene rings is 2. The highest BCUT2D eigenvalue weighted by molar-refractivity contribution is 6.38. The van der Waals surface area contributed by atoms with Crippen molar-refractivity contribution in [2.45, 2.75) is 26.2 Å². The van der Waals surface area contributed by atoms with Gasteiger partial charge in [-0.25, -0.2) is 0 Å². The van der Waals surface area contributed by atoms with Crippen LogP contribution in [0.15, 0.2) is 31.0 Å². The van der Waals surface area contributed by atoms with Crippen molar-refractivity contribution in [2.24, 2.45) is 12.5 Å².